The lowest BCUT2D eigenvalue weighted by Crippen LogP contribution is -2.38. The normalized spacial score (nSPS) is 18.8. The zero-order valence-corrected chi connectivity index (χ0v) is 16.9. The zero-order chi connectivity index (χ0) is 22.1. The highest BCUT2D eigenvalue weighted by Gasteiger charge is 2.40. The molecule has 0 fully saturated rings. The quantitative estimate of drug-likeness (QED) is 0.581. The van der Waals surface area contributed by atoms with Crippen molar-refractivity contribution in [2.24, 2.45) is 5.92 Å². The molecule has 0 aliphatic carbocycles. The van der Waals surface area contributed by atoms with E-state index in [1.807, 2.05) is 30.3 Å². The van der Waals surface area contributed by atoms with Gasteiger partial charge >= 0.3 is 0 Å². The first-order valence-electron chi connectivity index (χ1n) is 10.2. The molecule has 2 aromatic carbocycles. The maximum absolute atomic E-state index is 13.0. The van der Waals surface area contributed by atoms with Crippen LogP contribution >= 0.6 is 0 Å². The van der Waals surface area contributed by atoms with Gasteiger partial charge in [-0.05, 0) is 23.3 Å². The lowest BCUT2D eigenvalue weighted by Gasteiger charge is -2.28. The highest BCUT2D eigenvalue weighted by atomic mass is 16.6. The number of carbonyl (C=O) groups excluding carboxylic acids is 1. The van der Waals surface area contributed by atoms with Crippen molar-refractivity contribution >= 4 is 17.7 Å². The Morgan fingerprint density at radius 3 is 2.66 bits per heavy atom. The minimum absolute atomic E-state index is 0.156. The molecule has 0 bridgehead atoms. The number of aromatic amines is 1. The summed E-state index contributed by atoms with van der Waals surface area (Å²) in [5.74, 6) is -0.470. The number of anilines is 2. The molecule has 2 aliphatic heterocycles. The summed E-state index contributed by atoms with van der Waals surface area (Å²) in [7, 11) is 0. The van der Waals surface area contributed by atoms with Gasteiger partial charge in [0.15, 0.2) is 11.5 Å². The van der Waals surface area contributed by atoms with Gasteiger partial charge in [0.1, 0.15) is 24.9 Å². The van der Waals surface area contributed by atoms with E-state index in [4.69, 9.17) is 9.47 Å². The summed E-state index contributed by atoms with van der Waals surface area (Å²) < 4.78 is 11.1. The Balaban J connectivity index is 1.45. The summed E-state index contributed by atoms with van der Waals surface area (Å²) in [4.78, 5) is 32.7. The molecule has 160 valence electrons. The number of hydrogen-bond donors (Lipinski definition) is 3. The van der Waals surface area contributed by atoms with Crippen LogP contribution in [0.1, 0.15) is 22.6 Å². The topological polar surface area (TPSA) is 129 Å². The van der Waals surface area contributed by atoms with E-state index in [2.05, 4.69) is 20.6 Å². The Hall–Kier alpha value is -4.32. The molecular weight excluding hydrogens is 410 g/mol. The lowest BCUT2D eigenvalue weighted by molar-refractivity contribution is -0.119. The van der Waals surface area contributed by atoms with Crippen molar-refractivity contribution < 1.29 is 14.3 Å². The van der Waals surface area contributed by atoms with Crippen LogP contribution in [-0.2, 0) is 11.3 Å². The van der Waals surface area contributed by atoms with E-state index in [1.54, 1.807) is 24.3 Å². The third-order valence-corrected chi connectivity index (χ3v) is 5.49. The molecule has 2 unspecified atom stereocenters. The SMILES string of the molecule is N#CC1C(=O)Nc2nc(NCc3ccc4c(c3)OCCO4)[nH]c(=O)c2C1c1ccccc1. The molecule has 5 rings (SSSR count). The number of hydrogen-bond acceptors (Lipinski definition) is 7. The first-order chi connectivity index (χ1) is 15.6. The molecule has 0 saturated carbocycles. The minimum atomic E-state index is -1.02. The van der Waals surface area contributed by atoms with Gasteiger partial charge in [-0.25, -0.2) is 0 Å². The molecule has 0 radical (unpaired) electrons. The van der Waals surface area contributed by atoms with E-state index in [-0.39, 0.29) is 17.3 Å². The number of aromatic nitrogens is 2. The smallest absolute Gasteiger partial charge is 0.258 e. The molecule has 0 saturated heterocycles. The van der Waals surface area contributed by atoms with Crippen molar-refractivity contribution in [1.29, 1.82) is 5.26 Å². The number of benzene rings is 2. The average molecular weight is 429 g/mol. The first kappa shape index (κ1) is 19.6. The van der Waals surface area contributed by atoms with Crippen molar-refractivity contribution in [2.45, 2.75) is 12.5 Å². The van der Waals surface area contributed by atoms with Crippen LogP contribution in [0.5, 0.6) is 11.5 Å². The highest BCUT2D eigenvalue weighted by Crippen LogP contribution is 2.38. The van der Waals surface area contributed by atoms with E-state index < -0.39 is 23.3 Å². The second-order valence-corrected chi connectivity index (χ2v) is 7.49. The fourth-order valence-electron chi connectivity index (χ4n) is 4.00. The molecule has 3 N–H and O–H groups in total. The minimum Gasteiger partial charge on any atom is -0.486 e. The molecular formula is C23H19N5O4. The largest absolute Gasteiger partial charge is 0.486 e. The van der Waals surface area contributed by atoms with Gasteiger partial charge in [0.25, 0.3) is 5.56 Å². The van der Waals surface area contributed by atoms with Gasteiger partial charge in [-0.15, -0.1) is 0 Å². The van der Waals surface area contributed by atoms with Crippen molar-refractivity contribution in [2.75, 3.05) is 23.8 Å². The van der Waals surface area contributed by atoms with Crippen LogP contribution < -0.4 is 25.7 Å². The van der Waals surface area contributed by atoms with Crippen LogP contribution in [0.3, 0.4) is 0 Å². The maximum atomic E-state index is 13.0. The molecule has 2 atom stereocenters. The Morgan fingerprint density at radius 1 is 1.09 bits per heavy atom. The fourth-order valence-corrected chi connectivity index (χ4v) is 4.00. The number of carbonyl (C=O) groups is 1. The summed E-state index contributed by atoms with van der Waals surface area (Å²) in [6.07, 6.45) is 0. The van der Waals surface area contributed by atoms with Crippen molar-refractivity contribution in [3.8, 4) is 17.6 Å². The van der Waals surface area contributed by atoms with Crippen molar-refractivity contribution in [1.82, 2.24) is 9.97 Å². The van der Waals surface area contributed by atoms with Crippen molar-refractivity contribution in [3.05, 3.63) is 75.6 Å². The van der Waals surface area contributed by atoms with Crippen LogP contribution in [0.4, 0.5) is 11.8 Å². The molecule has 32 heavy (non-hydrogen) atoms. The molecule has 9 nitrogen and oxygen atoms in total. The summed E-state index contributed by atoms with van der Waals surface area (Å²) in [5.41, 5.74) is 1.48. The van der Waals surface area contributed by atoms with Crippen molar-refractivity contribution in [3.63, 3.8) is 0 Å². The number of fused-ring (bicyclic) bond motifs is 2. The predicted molar refractivity (Wildman–Crippen MR) is 116 cm³/mol. The van der Waals surface area contributed by atoms with Crippen LogP contribution in [0.15, 0.2) is 53.3 Å². The van der Waals surface area contributed by atoms with E-state index in [1.165, 1.54) is 0 Å². The maximum Gasteiger partial charge on any atom is 0.258 e. The second-order valence-electron chi connectivity index (χ2n) is 7.49. The van der Waals surface area contributed by atoms with Gasteiger partial charge < -0.3 is 20.1 Å². The average Bonchev–Trinajstić information content (AvgIpc) is 2.82. The van der Waals surface area contributed by atoms with Gasteiger partial charge in [0.05, 0.1) is 11.6 Å². The van der Waals surface area contributed by atoms with Gasteiger partial charge in [-0.2, -0.15) is 10.2 Å². The first-order valence-corrected chi connectivity index (χ1v) is 10.2. The molecule has 0 spiro atoms. The number of nitrogens with zero attached hydrogens (tertiary/aromatic N) is 2. The van der Waals surface area contributed by atoms with E-state index in [0.717, 1.165) is 5.56 Å². The predicted octanol–water partition coefficient (Wildman–Crippen LogP) is 2.38. The third-order valence-electron chi connectivity index (χ3n) is 5.49. The Bertz CT molecular complexity index is 1280. The van der Waals surface area contributed by atoms with E-state index in [9.17, 15) is 14.9 Å². The van der Waals surface area contributed by atoms with Gasteiger partial charge in [0.2, 0.25) is 11.9 Å². The lowest BCUT2D eigenvalue weighted by atomic mass is 9.79. The van der Waals surface area contributed by atoms with Gasteiger partial charge in [-0.3, -0.25) is 14.6 Å². The molecule has 1 amide bonds. The number of nitriles is 1. The number of H-pyrrole nitrogens is 1. The Labute approximate surface area is 183 Å². The Morgan fingerprint density at radius 2 is 1.88 bits per heavy atom. The Kier molecular flexibility index (Phi) is 4.95. The van der Waals surface area contributed by atoms with Crippen LogP contribution in [0.25, 0.3) is 0 Å². The second kappa shape index (κ2) is 8.07. The van der Waals surface area contributed by atoms with E-state index >= 15 is 0 Å². The molecule has 1 aromatic heterocycles. The number of ether oxygens (including phenoxy) is 2. The summed E-state index contributed by atoms with van der Waals surface area (Å²) >= 11 is 0. The monoisotopic (exact) mass is 429 g/mol. The number of rotatable bonds is 4. The van der Waals surface area contributed by atoms with Crippen LogP contribution in [-0.4, -0.2) is 29.1 Å². The summed E-state index contributed by atoms with van der Waals surface area (Å²) in [5, 5.41) is 15.3. The molecule has 2 aliphatic rings. The number of amides is 1. The highest BCUT2D eigenvalue weighted by molar-refractivity contribution is 5.97. The molecule has 3 heterocycles. The zero-order valence-electron chi connectivity index (χ0n) is 16.9. The summed E-state index contributed by atoms with van der Waals surface area (Å²) in [6.45, 7) is 1.39. The fraction of sp³-hybridized carbons (Fsp3) is 0.217. The van der Waals surface area contributed by atoms with Gasteiger partial charge in [0, 0.05) is 12.5 Å². The molecule has 9 heteroatoms. The summed E-state index contributed by atoms with van der Waals surface area (Å²) in [6, 6.07) is 16.7. The van der Waals surface area contributed by atoms with Crippen LogP contribution in [0, 0.1) is 17.2 Å². The van der Waals surface area contributed by atoms with Crippen LogP contribution in [0.2, 0.25) is 0 Å². The van der Waals surface area contributed by atoms with Gasteiger partial charge in [-0.1, -0.05) is 36.4 Å². The standard InChI is InChI=1S/C23H19N5O4/c24-11-15-18(14-4-2-1-3-5-14)19-20(26-21(15)29)27-23(28-22(19)30)25-12-13-6-7-16-17(10-13)32-9-8-31-16/h1-7,10,15,18H,8-9,12H2,(H3,25,26,27,28,29,30). The number of nitrogens with one attached hydrogen (secondary N) is 3. The van der Waals surface area contributed by atoms with E-state index in [0.29, 0.717) is 36.8 Å². The molecule has 3 aromatic rings. The third kappa shape index (κ3) is 3.52.